The van der Waals surface area contributed by atoms with Crippen LogP contribution in [0.15, 0.2) is 0 Å². The van der Waals surface area contributed by atoms with Crippen molar-refractivity contribution in [2.75, 3.05) is 27.2 Å². The molecule has 0 aromatic heterocycles. The van der Waals surface area contributed by atoms with Crippen LogP contribution in [0.3, 0.4) is 0 Å². The van der Waals surface area contributed by atoms with Crippen molar-refractivity contribution in [2.24, 2.45) is 0 Å². The lowest BCUT2D eigenvalue weighted by Crippen LogP contribution is -2.71. The Morgan fingerprint density at radius 1 is 0.941 bits per heavy atom. The van der Waals surface area contributed by atoms with Gasteiger partial charge in [-0.2, -0.15) is 0 Å². The monoisotopic (exact) mass is 291 g/mol. The maximum absolute atomic E-state index is 3.00. The minimum absolute atomic E-state index is 0.735. The molecule has 0 saturated heterocycles. The van der Waals surface area contributed by atoms with Crippen LogP contribution in [0.4, 0.5) is 0 Å². The summed E-state index contributed by atoms with van der Waals surface area (Å²) in [6, 6.07) is 0. The maximum atomic E-state index is 3.00. The van der Waals surface area contributed by atoms with Crippen molar-refractivity contribution in [2.45, 2.75) is 46.6 Å². The molecule has 3 nitrogen and oxygen atoms in total. The van der Waals surface area contributed by atoms with E-state index in [2.05, 4.69) is 73.7 Å². The van der Waals surface area contributed by atoms with Crippen LogP contribution in [0, 0.1) is 0 Å². The van der Waals surface area contributed by atoms with Crippen LogP contribution in [0.5, 0.6) is 0 Å². The van der Waals surface area contributed by atoms with Crippen molar-refractivity contribution in [1.82, 2.24) is 13.0 Å². The van der Waals surface area contributed by atoms with Crippen LogP contribution in [0.1, 0.15) is 13.8 Å². The molecule has 0 bridgehead atoms. The summed E-state index contributed by atoms with van der Waals surface area (Å²) in [6.07, 6.45) is 0. The second kappa shape index (κ2) is 7.20. The molecule has 0 amide bonds. The Labute approximate surface area is 113 Å². The van der Waals surface area contributed by atoms with Crippen LogP contribution in [-0.2, 0) is 0 Å². The highest BCUT2D eigenvalue weighted by Gasteiger charge is 2.40. The van der Waals surface area contributed by atoms with Gasteiger partial charge in [0.25, 0.3) is 0 Å². The van der Waals surface area contributed by atoms with Crippen LogP contribution < -0.4 is 0 Å². The maximum Gasteiger partial charge on any atom is 0.187 e. The summed E-state index contributed by atoms with van der Waals surface area (Å²) in [7, 11) is 1.47. The van der Waals surface area contributed by atoms with E-state index in [-0.39, 0.29) is 0 Å². The van der Waals surface area contributed by atoms with Crippen molar-refractivity contribution in [3.05, 3.63) is 0 Å². The fourth-order valence-electron chi connectivity index (χ4n) is 2.93. The first-order valence-electron chi connectivity index (χ1n) is 6.89. The Balaban J connectivity index is 5.16. The molecule has 17 heavy (non-hydrogen) atoms. The molecule has 1 atom stereocenters. The molecular weight excluding hydrogens is 258 g/mol. The molecule has 0 N–H and O–H groups in total. The highest BCUT2D eigenvalue weighted by molar-refractivity contribution is 6.91. The fourth-order valence-corrected chi connectivity index (χ4v) is 19.9. The topological polar surface area (TPSA) is 9.72 Å². The zero-order valence-electron chi connectivity index (χ0n) is 13.4. The van der Waals surface area contributed by atoms with Gasteiger partial charge in [0, 0.05) is 0 Å². The molecule has 0 aromatic rings. The molecule has 0 saturated carbocycles. The van der Waals surface area contributed by atoms with Gasteiger partial charge >= 0.3 is 0 Å². The first-order valence-corrected chi connectivity index (χ1v) is 14.8. The molecule has 6 heteroatoms. The third kappa shape index (κ3) is 4.29. The van der Waals surface area contributed by atoms with Crippen LogP contribution in [0.25, 0.3) is 0 Å². The summed E-state index contributed by atoms with van der Waals surface area (Å²) in [4.78, 5) is 0. The van der Waals surface area contributed by atoms with Crippen molar-refractivity contribution in [3.8, 4) is 0 Å². The van der Waals surface area contributed by atoms with E-state index in [9.17, 15) is 0 Å². The van der Waals surface area contributed by atoms with Crippen LogP contribution >= 0.6 is 0 Å². The summed E-state index contributed by atoms with van der Waals surface area (Å²) >= 11 is 0. The van der Waals surface area contributed by atoms with E-state index in [1.165, 1.54) is 13.1 Å². The zero-order chi connectivity index (χ0) is 13.8. The Bertz CT molecular complexity index is 218. The standard InChI is InChI=1S/C11H33N3Si3/c1-10-13(11-2)17(8,9)14(15(5)6)16(7)12(3)4/h15-16H,10-11H2,1-9H3. The van der Waals surface area contributed by atoms with Gasteiger partial charge in [-0.15, -0.1) is 0 Å². The van der Waals surface area contributed by atoms with E-state index in [1.54, 1.807) is 0 Å². The molecule has 0 rings (SSSR count). The average Bonchev–Trinajstić information content (AvgIpc) is 2.17. The number of rotatable bonds is 7. The van der Waals surface area contributed by atoms with Gasteiger partial charge in [0.15, 0.2) is 17.5 Å². The number of nitrogens with zero attached hydrogens (tertiary/aromatic N) is 3. The predicted octanol–water partition coefficient (Wildman–Crippen LogP) is 1.73. The highest BCUT2D eigenvalue weighted by Crippen LogP contribution is 2.19. The highest BCUT2D eigenvalue weighted by atomic mass is 28.4. The SMILES string of the molecule is CCN(CC)[Si](C)(C)N([SiH](C)C)[SiH](C)N(C)C. The van der Waals surface area contributed by atoms with E-state index >= 15 is 0 Å². The molecule has 0 aromatic carbocycles. The molecule has 0 spiro atoms. The van der Waals surface area contributed by atoms with E-state index in [0.717, 1.165) is 0 Å². The molecule has 0 heterocycles. The Hall–Kier alpha value is 0.531. The first-order chi connectivity index (χ1) is 7.69. The summed E-state index contributed by atoms with van der Waals surface area (Å²) < 4.78 is 8.22. The second-order valence-corrected chi connectivity index (χ2v) is 17.1. The van der Waals surface area contributed by atoms with E-state index in [0.29, 0.717) is 0 Å². The zero-order valence-corrected chi connectivity index (χ0v) is 16.7. The lowest BCUT2D eigenvalue weighted by Gasteiger charge is -2.50. The minimum Gasteiger partial charge on any atom is -0.349 e. The van der Waals surface area contributed by atoms with Gasteiger partial charge in [-0.3, -0.25) is 0 Å². The number of hydrogen-bond donors (Lipinski definition) is 0. The molecule has 0 aliphatic carbocycles. The van der Waals surface area contributed by atoms with Gasteiger partial charge in [-0.25, -0.2) is 0 Å². The van der Waals surface area contributed by atoms with Crippen LogP contribution in [-0.4, -0.2) is 66.7 Å². The lowest BCUT2D eigenvalue weighted by molar-refractivity contribution is 0.439. The summed E-state index contributed by atoms with van der Waals surface area (Å²) in [6.45, 7) is 19.6. The molecule has 0 aliphatic heterocycles. The molecular formula is C11H33N3Si3. The Morgan fingerprint density at radius 3 is 1.59 bits per heavy atom. The normalized spacial score (nSPS) is 15.4. The minimum atomic E-state index is -1.40. The summed E-state index contributed by atoms with van der Waals surface area (Å²) in [5.74, 6) is 0. The predicted molar refractivity (Wildman–Crippen MR) is 87.8 cm³/mol. The third-order valence-electron chi connectivity index (χ3n) is 3.88. The van der Waals surface area contributed by atoms with Crippen molar-refractivity contribution in [1.29, 1.82) is 0 Å². The third-order valence-corrected chi connectivity index (χ3v) is 20.3. The molecule has 0 aliphatic rings. The molecule has 0 radical (unpaired) electrons. The summed E-state index contributed by atoms with van der Waals surface area (Å²) in [5.41, 5.74) is 0. The molecule has 104 valence electrons. The largest absolute Gasteiger partial charge is 0.349 e. The van der Waals surface area contributed by atoms with Gasteiger partial charge < -0.3 is 13.0 Å². The lowest BCUT2D eigenvalue weighted by atomic mass is 10.7. The Kier molecular flexibility index (Phi) is 7.43. The van der Waals surface area contributed by atoms with Crippen molar-refractivity contribution >= 4 is 26.5 Å². The quantitative estimate of drug-likeness (QED) is 0.662. The first kappa shape index (κ1) is 17.5. The fraction of sp³-hybridized carbons (Fsp3) is 1.00. The van der Waals surface area contributed by atoms with Crippen molar-refractivity contribution < 1.29 is 0 Å². The molecule has 0 fully saturated rings. The van der Waals surface area contributed by atoms with Gasteiger partial charge in [-0.05, 0) is 46.8 Å². The average molecular weight is 292 g/mol. The van der Waals surface area contributed by atoms with E-state index in [4.69, 9.17) is 0 Å². The molecule has 1 unspecified atom stereocenters. The van der Waals surface area contributed by atoms with Gasteiger partial charge in [-0.1, -0.05) is 26.9 Å². The van der Waals surface area contributed by atoms with E-state index < -0.39 is 26.5 Å². The summed E-state index contributed by atoms with van der Waals surface area (Å²) in [5, 5.41) is 0. The van der Waals surface area contributed by atoms with Gasteiger partial charge in [0.2, 0.25) is 0 Å². The Morgan fingerprint density at radius 2 is 1.35 bits per heavy atom. The van der Waals surface area contributed by atoms with Gasteiger partial charge in [0.05, 0.1) is 8.96 Å². The van der Waals surface area contributed by atoms with Gasteiger partial charge in [0.1, 0.15) is 0 Å². The second-order valence-electron chi connectivity index (χ2n) is 5.76. The number of hydrogen-bond acceptors (Lipinski definition) is 3. The smallest absolute Gasteiger partial charge is 0.187 e. The van der Waals surface area contributed by atoms with Crippen molar-refractivity contribution in [3.63, 3.8) is 0 Å². The van der Waals surface area contributed by atoms with Crippen LogP contribution in [0.2, 0.25) is 32.7 Å². The van der Waals surface area contributed by atoms with E-state index in [1.807, 2.05) is 0 Å².